The monoisotopic (exact) mass is 241 g/mol. The molecular weight excluding hydrogens is 214 g/mol. The molecule has 4 heteroatoms. The zero-order valence-corrected chi connectivity index (χ0v) is 11.1. The standard InChI is InChI=1S/C13H27N3O/c1-2-3-4-5-8-15-12-6-9-16(10-7-12)11-13(14)17/h12,15H,2-11H2,1H3,(H2,14,17). The van der Waals surface area contributed by atoms with E-state index in [4.69, 9.17) is 5.73 Å². The predicted octanol–water partition coefficient (Wildman–Crippen LogP) is 1.11. The van der Waals surface area contributed by atoms with Crippen LogP contribution in [0.3, 0.4) is 0 Å². The molecular formula is C13H27N3O. The Bertz CT molecular complexity index is 213. The van der Waals surface area contributed by atoms with Gasteiger partial charge in [0, 0.05) is 19.1 Å². The van der Waals surface area contributed by atoms with Crippen molar-refractivity contribution in [1.82, 2.24) is 10.2 Å². The van der Waals surface area contributed by atoms with Gasteiger partial charge in [-0.05, 0) is 25.8 Å². The minimum atomic E-state index is -0.212. The Kier molecular flexibility index (Phi) is 7.21. The van der Waals surface area contributed by atoms with Crippen LogP contribution in [0.25, 0.3) is 0 Å². The van der Waals surface area contributed by atoms with Crippen LogP contribution in [0.2, 0.25) is 0 Å². The highest BCUT2D eigenvalue weighted by Gasteiger charge is 2.19. The zero-order valence-electron chi connectivity index (χ0n) is 11.1. The molecule has 1 heterocycles. The van der Waals surface area contributed by atoms with Crippen molar-refractivity contribution >= 4 is 5.91 Å². The van der Waals surface area contributed by atoms with E-state index in [0.29, 0.717) is 12.6 Å². The maximum Gasteiger partial charge on any atom is 0.231 e. The van der Waals surface area contributed by atoms with Gasteiger partial charge in [-0.15, -0.1) is 0 Å². The van der Waals surface area contributed by atoms with Crippen LogP contribution in [0, 0.1) is 0 Å². The van der Waals surface area contributed by atoms with E-state index in [-0.39, 0.29) is 5.91 Å². The molecule has 0 aromatic carbocycles. The second kappa shape index (κ2) is 8.48. The molecule has 0 radical (unpaired) electrons. The third-order valence-electron chi connectivity index (χ3n) is 3.43. The molecule has 3 N–H and O–H groups in total. The first-order valence-electron chi connectivity index (χ1n) is 6.96. The Morgan fingerprint density at radius 3 is 2.59 bits per heavy atom. The molecule has 0 unspecified atom stereocenters. The highest BCUT2D eigenvalue weighted by molar-refractivity contribution is 5.75. The molecule has 1 amide bonds. The number of likely N-dealkylation sites (tertiary alicyclic amines) is 1. The lowest BCUT2D eigenvalue weighted by Gasteiger charge is -2.31. The van der Waals surface area contributed by atoms with Gasteiger partial charge in [0.05, 0.1) is 6.54 Å². The first-order chi connectivity index (χ1) is 8.22. The molecule has 0 aromatic rings. The molecule has 4 nitrogen and oxygen atoms in total. The van der Waals surface area contributed by atoms with Crippen molar-refractivity contribution in [1.29, 1.82) is 0 Å². The number of primary amides is 1. The van der Waals surface area contributed by atoms with Crippen molar-refractivity contribution in [3.63, 3.8) is 0 Å². The van der Waals surface area contributed by atoms with Crippen molar-refractivity contribution in [2.75, 3.05) is 26.2 Å². The van der Waals surface area contributed by atoms with Crippen LogP contribution >= 0.6 is 0 Å². The molecule has 0 aromatic heterocycles. The van der Waals surface area contributed by atoms with Gasteiger partial charge in [-0.1, -0.05) is 26.2 Å². The normalized spacial score (nSPS) is 18.4. The molecule has 17 heavy (non-hydrogen) atoms. The number of rotatable bonds is 8. The summed E-state index contributed by atoms with van der Waals surface area (Å²) in [6.45, 7) is 5.79. The van der Waals surface area contributed by atoms with Crippen LogP contribution in [-0.4, -0.2) is 43.0 Å². The van der Waals surface area contributed by atoms with Crippen LogP contribution in [0.5, 0.6) is 0 Å². The second-order valence-electron chi connectivity index (χ2n) is 5.03. The van der Waals surface area contributed by atoms with Crippen LogP contribution in [0.4, 0.5) is 0 Å². The molecule has 0 bridgehead atoms. The minimum Gasteiger partial charge on any atom is -0.369 e. The number of nitrogens with one attached hydrogen (secondary N) is 1. The molecule has 1 aliphatic rings. The van der Waals surface area contributed by atoms with E-state index in [1.807, 2.05) is 0 Å². The van der Waals surface area contributed by atoms with Gasteiger partial charge in [0.15, 0.2) is 0 Å². The Labute approximate surface area is 105 Å². The quantitative estimate of drug-likeness (QED) is 0.626. The van der Waals surface area contributed by atoms with Crippen molar-refractivity contribution < 1.29 is 4.79 Å². The number of carbonyl (C=O) groups excluding carboxylic acids is 1. The van der Waals surface area contributed by atoms with Crippen molar-refractivity contribution in [3.8, 4) is 0 Å². The number of piperidine rings is 1. The van der Waals surface area contributed by atoms with Crippen molar-refractivity contribution in [3.05, 3.63) is 0 Å². The Hall–Kier alpha value is -0.610. The first kappa shape index (κ1) is 14.5. The fourth-order valence-corrected chi connectivity index (χ4v) is 2.37. The third-order valence-corrected chi connectivity index (χ3v) is 3.43. The molecule has 1 aliphatic heterocycles. The van der Waals surface area contributed by atoms with E-state index in [9.17, 15) is 4.79 Å². The summed E-state index contributed by atoms with van der Waals surface area (Å²) < 4.78 is 0. The Balaban J connectivity index is 2.01. The predicted molar refractivity (Wildman–Crippen MR) is 70.8 cm³/mol. The molecule has 1 rings (SSSR count). The zero-order chi connectivity index (χ0) is 12.5. The fourth-order valence-electron chi connectivity index (χ4n) is 2.37. The summed E-state index contributed by atoms with van der Waals surface area (Å²) in [6, 6.07) is 0.640. The summed E-state index contributed by atoms with van der Waals surface area (Å²) in [7, 11) is 0. The number of unbranched alkanes of at least 4 members (excludes halogenated alkanes) is 3. The lowest BCUT2D eigenvalue weighted by molar-refractivity contribution is -0.119. The SMILES string of the molecule is CCCCCCNC1CCN(CC(N)=O)CC1. The summed E-state index contributed by atoms with van der Waals surface area (Å²) in [5.41, 5.74) is 5.19. The maximum absolute atomic E-state index is 10.8. The summed E-state index contributed by atoms with van der Waals surface area (Å²) in [5.74, 6) is -0.212. The van der Waals surface area contributed by atoms with Gasteiger partial charge in [0.2, 0.25) is 5.91 Å². The van der Waals surface area contributed by atoms with E-state index in [1.165, 1.54) is 25.7 Å². The van der Waals surface area contributed by atoms with Crippen LogP contribution < -0.4 is 11.1 Å². The van der Waals surface area contributed by atoms with Gasteiger partial charge in [-0.2, -0.15) is 0 Å². The summed E-state index contributed by atoms with van der Waals surface area (Å²) in [6.07, 6.45) is 7.55. The summed E-state index contributed by atoms with van der Waals surface area (Å²) >= 11 is 0. The average molecular weight is 241 g/mol. The molecule has 1 saturated heterocycles. The van der Waals surface area contributed by atoms with Gasteiger partial charge in [0.1, 0.15) is 0 Å². The van der Waals surface area contributed by atoms with E-state index in [1.54, 1.807) is 0 Å². The smallest absolute Gasteiger partial charge is 0.231 e. The molecule has 100 valence electrons. The molecule has 0 atom stereocenters. The summed E-state index contributed by atoms with van der Waals surface area (Å²) in [5, 5.41) is 3.61. The van der Waals surface area contributed by atoms with Gasteiger partial charge < -0.3 is 11.1 Å². The van der Waals surface area contributed by atoms with E-state index >= 15 is 0 Å². The lowest BCUT2D eigenvalue weighted by Crippen LogP contribution is -2.45. The Morgan fingerprint density at radius 1 is 1.29 bits per heavy atom. The average Bonchev–Trinajstić information content (AvgIpc) is 2.30. The second-order valence-corrected chi connectivity index (χ2v) is 5.03. The highest BCUT2D eigenvalue weighted by Crippen LogP contribution is 2.10. The number of nitrogens with two attached hydrogens (primary N) is 1. The largest absolute Gasteiger partial charge is 0.369 e. The minimum absolute atomic E-state index is 0.212. The van der Waals surface area contributed by atoms with Gasteiger partial charge >= 0.3 is 0 Å². The van der Waals surface area contributed by atoms with E-state index < -0.39 is 0 Å². The van der Waals surface area contributed by atoms with E-state index in [0.717, 1.165) is 32.5 Å². The number of nitrogens with zero attached hydrogens (tertiary/aromatic N) is 1. The van der Waals surface area contributed by atoms with Crippen molar-refractivity contribution in [2.24, 2.45) is 5.73 Å². The van der Waals surface area contributed by atoms with Crippen LogP contribution in [0.15, 0.2) is 0 Å². The van der Waals surface area contributed by atoms with Gasteiger partial charge in [-0.3, -0.25) is 9.69 Å². The fraction of sp³-hybridized carbons (Fsp3) is 0.923. The molecule has 0 aliphatic carbocycles. The number of carbonyl (C=O) groups is 1. The topological polar surface area (TPSA) is 58.4 Å². The van der Waals surface area contributed by atoms with Gasteiger partial charge in [-0.25, -0.2) is 0 Å². The number of amides is 1. The molecule has 0 spiro atoms. The highest BCUT2D eigenvalue weighted by atomic mass is 16.1. The maximum atomic E-state index is 10.8. The van der Waals surface area contributed by atoms with Crippen LogP contribution in [0.1, 0.15) is 45.4 Å². The lowest BCUT2D eigenvalue weighted by atomic mass is 10.0. The van der Waals surface area contributed by atoms with Crippen molar-refractivity contribution in [2.45, 2.75) is 51.5 Å². The number of hydrogen-bond donors (Lipinski definition) is 2. The molecule has 0 saturated carbocycles. The summed E-state index contributed by atoms with van der Waals surface area (Å²) in [4.78, 5) is 12.9. The number of hydrogen-bond acceptors (Lipinski definition) is 3. The molecule has 1 fully saturated rings. The van der Waals surface area contributed by atoms with E-state index in [2.05, 4.69) is 17.1 Å². The van der Waals surface area contributed by atoms with Crippen LogP contribution in [-0.2, 0) is 4.79 Å². The Morgan fingerprint density at radius 2 is 2.00 bits per heavy atom. The third kappa shape index (κ3) is 6.64. The van der Waals surface area contributed by atoms with Gasteiger partial charge in [0.25, 0.3) is 0 Å². The first-order valence-corrected chi connectivity index (χ1v) is 6.96.